The molecular weight excluding hydrogens is 304 g/mol. The van der Waals surface area contributed by atoms with Gasteiger partial charge in [0.15, 0.2) is 8.32 Å². The highest BCUT2D eigenvalue weighted by Crippen LogP contribution is 2.38. The topological polar surface area (TPSA) is 35.5 Å². The van der Waals surface area contributed by atoms with Crippen LogP contribution in [0.5, 0.6) is 0 Å². The first-order chi connectivity index (χ1) is 10.6. The van der Waals surface area contributed by atoms with Crippen molar-refractivity contribution in [2.75, 3.05) is 0 Å². The van der Waals surface area contributed by atoms with Crippen molar-refractivity contribution < 1.29 is 14.0 Å². The van der Waals surface area contributed by atoms with Crippen LogP contribution in [0.4, 0.5) is 0 Å². The lowest BCUT2D eigenvalue weighted by Crippen LogP contribution is -2.49. The number of benzene rings is 1. The zero-order valence-corrected chi connectivity index (χ0v) is 16.6. The standard InChI is InChI=1S/C19H32O3Si/c1-15(13-20)18(22-23(6,7)19(3,4)5)16(2)21-14-17-11-9-8-10-12-17/h8-13,15-16,18H,14H2,1-7H3/t15-,16-,18+/m1/s1. The van der Waals surface area contributed by atoms with Gasteiger partial charge in [-0.25, -0.2) is 0 Å². The van der Waals surface area contributed by atoms with E-state index in [1.165, 1.54) is 0 Å². The third-order valence-electron chi connectivity index (χ3n) is 4.79. The van der Waals surface area contributed by atoms with Crippen molar-refractivity contribution >= 4 is 14.6 Å². The molecule has 130 valence electrons. The Hall–Kier alpha value is -0.973. The number of hydrogen-bond donors (Lipinski definition) is 0. The van der Waals surface area contributed by atoms with Gasteiger partial charge in [0.25, 0.3) is 0 Å². The Bertz CT molecular complexity index is 479. The van der Waals surface area contributed by atoms with Crippen molar-refractivity contribution in [1.29, 1.82) is 0 Å². The molecule has 0 aliphatic heterocycles. The lowest BCUT2D eigenvalue weighted by molar-refractivity contribution is -0.117. The summed E-state index contributed by atoms with van der Waals surface area (Å²) in [6.07, 6.45) is 0.627. The number of aldehydes is 1. The van der Waals surface area contributed by atoms with Crippen LogP contribution < -0.4 is 0 Å². The summed E-state index contributed by atoms with van der Waals surface area (Å²) in [4.78, 5) is 11.3. The number of carbonyl (C=O) groups excluding carboxylic acids is 1. The fourth-order valence-corrected chi connectivity index (χ4v) is 3.56. The summed E-state index contributed by atoms with van der Waals surface area (Å²) in [5, 5.41) is 0.104. The van der Waals surface area contributed by atoms with E-state index in [0.29, 0.717) is 6.61 Å². The van der Waals surface area contributed by atoms with E-state index in [9.17, 15) is 4.79 Å². The smallest absolute Gasteiger partial charge is 0.192 e. The molecule has 0 aliphatic rings. The second-order valence-electron chi connectivity index (χ2n) is 7.84. The largest absolute Gasteiger partial charge is 0.411 e. The average molecular weight is 337 g/mol. The van der Waals surface area contributed by atoms with E-state index in [1.807, 2.05) is 44.2 Å². The second-order valence-corrected chi connectivity index (χ2v) is 12.6. The van der Waals surface area contributed by atoms with Crippen LogP contribution in [0, 0.1) is 5.92 Å². The van der Waals surface area contributed by atoms with Crippen molar-refractivity contribution in [2.45, 2.75) is 71.6 Å². The van der Waals surface area contributed by atoms with Crippen molar-refractivity contribution in [3.05, 3.63) is 35.9 Å². The Labute approximate surface area is 142 Å². The molecule has 0 saturated heterocycles. The predicted octanol–water partition coefficient (Wildman–Crippen LogP) is 4.82. The lowest BCUT2D eigenvalue weighted by Gasteiger charge is -2.41. The van der Waals surface area contributed by atoms with E-state index in [-0.39, 0.29) is 23.2 Å². The summed E-state index contributed by atoms with van der Waals surface area (Å²) in [5.41, 5.74) is 1.13. The SMILES string of the molecule is C[C@H](C=O)[C@H](O[Si](C)(C)C(C)(C)C)[C@@H](C)OCc1ccccc1. The van der Waals surface area contributed by atoms with Crippen molar-refractivity contribution in [3.63, 3.8) is 0 Å². The Morgan fingerprint density at radius 2 is 1.70 bits per heavy atom. The molecule has 1 aromatic rings. The van der Waals surface area contributed by atoms with Crippen LogP contribution in [0.25, 0.3) is 0 Å². The van der Waals surface area contributed by atoms with Gasteiger partial charge in [0.2, 0.25) is 0 Å². The minimum Gasteiger partial charge on any atom is -0.411 e. The van der Waals surface area contributed by atoms with E-state index >= 15 is 0 Å². The maximum absolute atomic E-state index is 11.3. The van der Waals surface area contributed by atoms with Gasteiger partial charge in [-0.1, -0.05) is 58.0 Å². The Morgan fingerprint density at radius 3 is 2.17 bits per heavy atom. The third-order valence-corrected chi connectivity index (χ3v) is 9.26. The highest BCUT2D eigenvalue weighted by Gasteiger charge is 2.41. The minimum atomic E-state index is -1.96. The first-order valence-corrected chi connectivity index (χ1v) is 11.3. The van der Waals surface area contributed by atoms with Crippen LogP contribution in [0.1, 0.15) is 40.2 Å². The number of hydrogen-bond acceptors (Lipinski definition) is 3. The van der Waals surface area contributed by atoms with Crippen molar-refractivity contribution in [1.82, 2.24) is 0 Å². The van der Waals surface area contributed by atoms with Gasteiger partial charge in [-0.3, -0.25) is 0 Å². The zero-order valence-electron chi connectivity index (χ0n) is 15.6. The number of rotatable bonds is 8. The molecule has 3 nitrogen and oxygen atoms in total. The first kappa shape index (κ1) is 20.1. The number of ether oxygens (including phenoxy) is 1. The molecule has 0 heterocycles. The first-order valence-electron chi connectivity index (χ1n) is 8.37. The van der Waals surface area contributed by atoms with E-state index in [2.05, 4.69) is 33.9 Å². The molecule has 0 fully saturated rings. The predicted molar refractivity (Wildman–Crippen MR) is 98.0 cm³/mol. The molecule has 0 spiro atoms. The van der Waals surface area contributed by atoms with Crippen molar-refractivity contribution in [3.8, 4) is 0 Å². The molecule has 23 heavy (non-hydrogen) atoms. The zero-order chi connectivity index (χ0) is 17.7. The monoisotopic (exact) mass is 336 g/mol. The van der Waals surface area contributed by atoms with Gasteiger partial charge in [-0.2, -0.15) is 0 Å². The lowest BCUT2D eigenvalue weighted by atomic mass is 10.0. The van der Waals surface area contributed by atoms with Crippen molar-refractivity contribution in [2.24, 2.45) is 5.92 Å². The number of carbonyl (C=O) groups is 1. The molecule has 4 heteroatoms. The Morgan fingerprint density at radius 1 is 1.13 bits per heavy atom. The van der Waals surface area contributed by atoms with Gasteiger partial charge < -0.3 is 14.0 Å². The molecule has 0 radical (unpaired) electrons. The summed E-state index contributed by atoms with van der Waals surface area (Å²) in [6, 6.07) is 10.1. The van der Waals surface area contributed by atoms with E-state index in [1.54, 1.807) is 0 Å². The maximum Gasteiger partial charge on any atom is 0.192 e. The molecule has 0 saturated carbocycles. The van der Waals surface area contributed by atoms with Gasteiger partial charge in [-0.15, -0.1) is 0 Å². The van der Waals surface area contributed by atoms with E-state index in [4.69, 9.17) is 9.16 Å². The highest BCUT2D eigenvalue weighted by molar-refractivity contribution is 6.74. The maximum atomic E-state index is 11.3. The van der Waals surface area contributed by atoms with Gasteiger partial charge in [0.05, 0.1) is 18.8 Å². The minimum absolute atomic E-state index is 0.104. The van der Waals surface area contributed by atoms with Crippen LogP contribution >= 0.6 is 0 Å². The molecule has 0 N–H and O–H groups in total. The van der Waals surface area contributed by atoms with Gasteiger partial charge in [-0.05, 0) is 30.6 Å². The summed E-state index contributed by atoms with van der Waals surface area (Å²) in [7, 11) is -1.96. The van der Waals surface area contributed by atoms with Crippen LogP contribution in [-0.4, -0.2) is 26.8 Å². The van der Waals surface area contributed by atoms with E-state index in [0.717, 1.165) is 11.8 Å². The van der Waals surface area contributed by atoms with Gasteiger partial charge >= 0.3 is 0 Å². The second kappa shape index (κ2) is 8.22. The molecule has 1 rings (SSSR count). The Balaban J connectivity index is 2.79. The molecule has 0 unspecified atom stereocenters. The molecule has 0 bridgehead atoms. The highest BCUT2D eigenvalue weighted by atomic mass is 28.4. The van der Waals surface area contributed by atoms with Gasteiger partial charge in [0.1, 0.15) is 6.29 Å². The van der Waals surface area contributed by atoms with Crippen LogP contribution in [0.3, 0.4) is 0 Å². The molecular formula is C19H32O3Si. The summed E-state index contributed by atoms with van der Waals surface area (Å²) in [5.74, 6) is -0.185. The Kier molecular flexibility index (Phi) is 7.18. The summed E-state index contributed by atoms with van der Waals surface area (Å²) in [6.45, 7) is 15.5. The average Bonchev–Trinajstić information content (AvgIpc) is 2.49. The summed E-state index contributed by atoms with van der Waals surface area (Å²) >= 11 is 0. The molecule has 0 aromatic heterocycles. The van der Waals surface area contributed by atoms with E-state index < -0.39 is 8.32 Å². The van der Waals surface area contributed by atoms with Crippen LogP contribution in [-0.2, 0) is 20.6 Å². The third kappa shape index (κ3) is 5.86. The van der Waals surface area contributed by atoms with Crippen LogP contribution in [0.2, 0.25) is 18.1 Å². The normalized spacial score (nSPS) is 16.7. The van der Waals surface area contributed by atoms with Gasteiger partial charge in [0, 0.05) is 5.92 Å². The fourth-order valence-electron chi connectivity index (χ4n) is 2.12. The fraction of sp³-hybridized carbons (Fsp3) is 0.632. The molecule has 0 amide bonds. The van der Waals surface area contributed by atoms with Crippen LogP contribution in [0.15, 0.2) is 30.3 Å². The molecule has 1 aromatic carbocycles. The quantitative estimate of drug-likeness (QED) is 0.504. The molecule has 3 atom stereocenters. The molecule has 0 aliphatic carbocycles. The summed E-state index contributed by atoms with van der Waals surface area (Å²) < 4.78 is 12.5.